The molecule has 0 aliphatic heterocycles. The molecule has 2 rings (SSSR count). The van der Waals surface area contributed by atoms with Crippen LogP contribution >= 0.6 is 0 Å². The lowest BCUT2D eigenvalue weighted by atomic mass is 9.98. The van der Waals surface area contributed by atoms with Crippen molar-refractivity contribution in [3.63, 3.8) is 0 Å². The van der Waals surface area contributed by atoms with E-state index in [9.17, 15) is 0 Å². The van der Waals surface area contributed by atoms with Gasteiger partial charge in [0.15, 0.2) is 0 Å². The largest absolute Gasteiger partial charge is 0.497 e. The quantitative estimate of drug-likeness (QED) is 0.751. The molecule has 0 N–H and O–H groups in total. The molecule has 0 bridgehead atoms. The summed E-state index contributed by atoms with van der Waals surface area (Å²) < 4.78 is 5.15. The maximum atomic E-state index is 5.15. The summed E-state index contributed by atoms with van der Waals surface area (Å²) in [5.41, 5.74) is 3.73. The second kappa shape index (κ2) is 4.84. The zero-order chi connectivity index (χ0) is 11.4. The molecule has 0 aliphatic carbocycles. The molecule has 0 aromatic heterocycles. The van der Waals surface area contributed by atoms with Gasteiger partial charge in [-0.1, -0.05) is 37.3 Å². The van der Waals surface area contributed by atoms with E-state index in [1.54, 1.807) is 7.11 Å². The Balaban J connectivity index is 2.42. The Bertz CT molecular complexity index is 457. The molecule has 0 atom stereocenters. The standard InChI is InChI=1S/C15H15O/c1-3-12-6-4-5-7-15(12)13-8-10-14(16-2)11-9-13/h4-5,7-11H,3H2,1-2H3. The van der Waals surface area contributed by atoms with Gasteiger partial charge in [0, 0.05) is 0 Å². The van der Waals surface area contributed by atoms with Crippen molar-refractivity contribution < 1.29 is 4.74 Å². The average molecular weight is 211 g/mol. The van der Waals surface area contributed by atoms with E-state index in [0.29, 0.717) is 0 Å². The van der Waals surface area contributed by atoms with Crippen molar-refractivity contribution in [2.75, 3.05) is 7.11 Å². The Morgan fingerprint density at radius 3 is 2.50 bits per heavy atom. The first-order chi connectivity index (χ1) is 7.85. The fourth-order valence-electron chi connectivity index (χ4n) is 1.80. The maximum absolute atomic E-state index is 5.15. The molecule has 0 heterocycles. The van der Waals surface area contributed by atoms with Crippen LogP contribution in [0.4, 0.5) is 0 Å². The molecule has 81 valence electrons. The number of methoxy groups -OCH3 is 1. The van der Waals surface area contributed by atoms with Crippen LogP contribution in [0.1, 0.15) is 12.5 Å². The number of hydrogen-bond donors (Lipinski definition) is 0. The summed E-state index contributed by atoms with van der Waals surface area (Å²) in [6.45, 7) is 2.15. The third kappa shape index (κ3) is 2.08. The zero-order valence-corrected chi connectivity index (χ0v) is 9.66. The molecule has 0 amide bonds. The van der Waals surface area contributed by atoms with Crippen LogP contribution in [-0.2, 0) is 6.42 Å². The molecule has 0 spiro atoms. The fourth-order valence-corrected chi connectivity index (χ4v) is 1.80. The summed E-state index contributed by atoms with van der Waals surface area (Å²) in [6, 6.07) is 17.6. The molecule has 0 unspecified atom stereocenters. The molecule has 0 fully saturated rings. The summed E-state index contributed by atoms with van der Waals surface area (Å²) >= 11 is 0. The lowest BCUT2D eigenvalue weighted by Crippen LogP contribution is -1.88. The lowest BCUT2D eigenvalue weighted by Gasteiger charge is -2.08. The van der Waals surface area contributed by atoms with Gasteiger partial charge in [-0.3, -0.25) is 0 Å². The van der Waals surface area contributed by atoms with Gasteiger partial charge in [-0.2, -0.15) is 0 Å². The van der Waals surface area contributed by atoms with E-state index in [4.69, 9.17) is 4.74 Å². The monoisotopic (exact) mass is 211 g/mol. The van der Waals surface area contributed by atoms with Crippen molar-refractivity contribution in [2.45, 2.75) is 13.3 Å². The van der Waals surface area contributed by atoms with E-state index in [0.717, 1.165) is 12.2 Å². The summed E-state index contributed by atoms with van der Waals surface area (Å²) in [7, 11) is 1.68. The smallest absolute Gasteiger partial charge is 0.118 e. The highest BCUT2D eigenvalue weighted by Crippen LogP contribution is 2.25. The van der Waals surface area contributed by atoms with Crippen molar-refractivity contribution in [1.82, 2.24) is 0 Å². The first-order valence-corrected chi connectivity index (χ1v) is 5.49. The minimum atomic E-state index is 0.890. The fraction of sp³-hybridized carbons (Fsp3) is 0.200. The van der Waals surface area contributed by atoms with Crippen molar-refractivity contribution in [3.05, 3.63) is 54.1 Å². The molecule has 2 aromatic rings. The molecule has 1 heteroatoms. The van der Waals surface area contributed by atoms with Gasteiger partial charge >= 0.3 is 0 Å². The summed E-state index contributed by atoms with van der Waals surface area (Å²) in [6.07, 6.45) is 1.00. The molecule has 16 heavy (non-hydrogen) atoms. The van der Waals surface area contributed by atoms with Gasteiger partial charge < -0.3 is 4.74 Å². The Morgan fingerprint density at radius 1 is 1.12 bits per heavy atom. The number of aryl methyl sites for hydroxylation is 1. The summed E-state index contributed by atoms with van der Waals surface area (Å²) in [5.74, 6) is 0.890. The van der Waals surface area contributed by atoms with Gasteiger partial charge in [-0.15, -0.1) is 0 Å². The Labute approximate surface area is 96.7 Å². The van der Waals surface area contributed by atoms with Crippen LogP contribution in [0.25, 0.3) is 11.1 Å². The first kappa shape index (κ1) is 10.7. The normalized spacial score (nSPS) is 10.1. The van der Waals surface area contributed by atoms with E-state index in [2.05, 4.69) is 31.2 Å². The van der Waals surface area contributed by atoms with Crippen LogP contribution in [-0.4, -0.2) is 7.11 Å². The first-order valence-electron chi connectivity index (χ1n) is 5.49. The summed E-state index contributed by atoms with van der Waals surface area (Å²) in [5, 5.41) is 0. The van der Waals surface area contributed by atoms with E-state index in [1.165, 1.54) is 16.7 Å². The van der Waals surface area contributed by atoms with Crippen LogP contribution in [0.2, 0.25) is 0 Å². The van der Waals surface area contributed by atoms with E-state index >= 15 is 0 Å². The SMILES string of the molecule is CCc1[c]cccc1-c1ccc(OC)cc1. The molecular formula is C15H15O. The highest BCUT2D eigenvalue weighted by atomic mass is 16.5. The van der Waals surface area contributed by atoms with Gasteiger partial charge in [0.25, 0.3) is 0 Å². The van der Waals surface area contributed by atoms with E-state index < -0.39 is 0 Å². The van der Waals surface area contributed by atoms with Crippen molar-refractivity contribution >= 4 is 0 Å². The minimum Gasteiger partial charge on any atom is -0.497 e. The van der Waals surface area contributed by atoms with Crippen LogP contribution < -0.4 is 4.74 Å². The Hall–Kier alpha value is -1.76. The van der Waals surface area contributed by atoms with Gasteiger partial charge in [0.2, 0.25) is 0 Å². The highest BCUT2D eigenvalue weighted by molar-refractivity contribution is 5.67. The van der Waals surface area contributed by atoms with E-state index in [-0.39, 0.29) is 0 Å². The topological polar surface area (TPSA) is 9.23 Å². The third-order valence-corrected chi connectivity index (χ3v) is 2.70. The zero-order valence-electron chi connectivity index (χ0n) is 9.66. The molecule has 0 aliphatic rings. The second-order valence-electron chi connectivity index (χ2n) is 3.64. The van der Waals surface area contributed by atoms with Gasteiger partial charge in [-0.05, 0) is 41.3 Å². The average Bonchev–Trinajstić information content (AvgIpc) is 2.39. The Morgan fingerprint density at radius 2 is 1.88 bits per heavy atom. The van der Waals surface area contributed by atoms with Crippen molar-refractivity contribution in [2.24, 2.45) is 0 Å². The van der Waals surface area contributed by atoms with Crippen LogP contribution in [0, 0.1) is 6.07 Å². The second-order valence-corrected chi connectivity index (χ2v) is 3.64. The molecule has 1 radical (unpaired) electrons. The van der Waals surface area contributed by atoms with Gasteiger partial charge in [-0.25, -0.2) is 0 Å². The Kier molecular flexibility index (Phi) is 3.25. The van der Waals surface area contributed by atoms with Crippen LogP contribution in [0.15, 0.2) is 42.5 Å². The molecule has 1 nitrogen and oxygen atoms in total. The van der Waals surface area contributed by atoms with Gasteiger partial charge in [0.1, 0.15) is 5.75 Å². The summed E-state index contributed by atoms with van der Waals surface area (Å²) in [4.78, 5) is 0. The lowest BCUT2D eigenvalue weighted by molar-refractivity contribution is 0.415. The van der Waals surface area contributed by atoms with Crippen LogP contribution in [0.5, 0.6) is 5.75 Å². The molecule has 0 saturated heterocycles. The van der Waals surface area contributed by atoms with E-state index in [1.807, 2.05) is 24.3 Å². The predicted octanol–water partition coefficient (Wildman–Crippen LogP) is 3.72. The van der Waals surface area contributed by atoms with Crippen molar-refractivity contribution in [1.29, 1.82) is 0 Å². The molecular weight excluding hydrogens is 196 g/mol. The minimum absolute atomic E-state index is 0.890. The molecule has 2 aromatic carbocycles. The van der Waals surface area contributed by atoms with Crippen LogP contribution in [0.3, 0.4) is 0 Å². The number of rotatable bonds is 3. The number of benzene rings is 2. The predicted molar refractivity (Wildman–Crippen MR) is 66.6 cm³/mol. The molecule has 0 saturated carbocycles. The number of ether oxygens (including phenoxy) is 1. The van der Waals surface area contributed by atoms with Gasteiger partial charge in [0.05, 0.1) is 7.11 Å². The maximum Gasteiger partial charge on any atom is 0.118 e. The third-order valence-electron chi connectivity index (χ3n) is 2.70. The highest BCUT2D eigenvalue weighted by Gasteiger charge is 2.02. The number of hydrogen-bond acceptors (Lipinski definition) is 1. The van der Waals surface area contributed by atoms with Crippen molar-refractivity contribution in [3.8, 4) is 16.9 Å².